The summed E-state index contributed by atoms with van der Waals surface area (Å²) in [6.07, 6.45) is 1.33. The summed E-state index contributed by atoms with van der Waals surface area (Å²) in [7, 11) is 3.22. The Morgan fingerprint density at radius 2 is 2.04 bits per heavy atom. The van der Waals surface area contributed by atoms with Crippen LogP contribution in [0.1, 0.15) is 12.1 Å². The maximum absolute atomic E-state index is 12.4. The summed E-state index contributed by atoms with van der Waals surface area (Å²) in [4.78, 5) is 18.9. The van der Waals surface area contributed by atoms with Crippen LogP contribution in [0.25, 0.3) is 10.6 Å². The van der Waals surface area contributed by atoms with E-state index in [0.29, 0.717) is 30.4 Å². The first-order chi connectivity index (χ1) is 12.1. The van der Waals surface area contributed by atoms with E-state index in [1.165, 1.54) is 11.3 Å². The van der Waals surface area contributed by atoms with E-state index in [-0.39, 0.29) is 30.7 Å². The Balaban J connectivity index is 0.00000182. The number of rotatable bonds is 6. The summed E-state index contributed by atoms with van der Waals surface area (Å²) < 4.78 is 10.6. The average Bonchev–Trinajstić information content (AvgIpc) is 3.30. The molecule has 0 bridgehead atoms. The number of nitrogens with two attached hydrogens (primary N) is 1. The molecule has 1 fully saturated rings. The van der Waals surface area contributed by atoms with E-state index < -0.39 is 0 Å². The summed E-state index contributed by atoms with van der Waals surface area (Å²) in [5, 5.41) is 2.81. The van der Waals surface area contributed by atoms with Gasteiger partial charge in [-0.3, -0.25) is 4.79 Å². The van der Waals surface area contributed by atoms with Crippen LogP contribution >= 0.6 is 36.2 Å². The number of ether oxygens (including phenoxy) is 2. The number of carbonyl (C=O) groups is 1. The van der Waals surface area contributed by atoms with Crippen LogP contribution in [0.4, 0.5) is 0 Å². The Morgan fingerprint density at radius 1 is 1.30 bits per heavy atom. The Labute approximate surface area is 175 Å². The molecule has 1 aliphatic rings. The van der Waals surface area contributed by atoms with Crippen LogP contribution in [0.15, 0.2) is 23.6 Å². The molecule has 1 saturated heterocycles. The molecule has 6 nitrogen and oxygen atoms in total. The number of likely N-dealkylation sites (tertiary alicyclic amines) is 1. The predicted octanol–water partition coefficient (Wildman–Crippen LogP) is 3.02. The Hall–Kier alpha value is -1.54. The van der Waals surface area contributed by atoms with E-state index in [0.717, 1.165) is 35.8 Å². The topological polar surface area (TPSA) is 77.7 Å². The fourth-order valence-electron chi connectivity index (χ4n) is 3.01. The van der Waals surface area contributed by atoms with E-state index in [9.17, 15) is 4.79 Å². The molecule has 2 aromatic rings. The fourth-order valence-corrected chi connectivity index (χ4v) is 3.83. The third-order valence-electron chi connectivity index (χ3n) is 4.49. The third kappa shape index (κ3) is 5.48. The van der Waals surface area contributed by atoms with Crippen molar-refractivity contribution in [2.24, 2.45) is 11.7 Å². The number of hydrogen-bond acceptors (Lipinski definition) is 6. The number of benzene rings is 1. The van der Waals surface area contributed by atoms with Crippen LogP contribution in [0.2, 0.25) is 0 Å². The maximum Gasteiger partial charge on any atom is 0.228 e. The lowest BCUT2D eigenvalue weighted by Gasteiger charge is -2.15. The molecule has 0 aliphatic carbocycles. The molecule has 1 aliphatic heterocycles. The number of hydrogen-bond donors (Lipinski definition) is 1. The van der Waals surface area contributed by atoms with E-state index in [2.05, 4.69) is 4.98 Å². The number of nitrogens with zero attached hydrogens (tertiary/aromatic N) is 2. The highest BCUT2D eigenvalue weighted by Crippen LogP contribution is 2.33. The molecule has 0 radical (unpaired) electrons. The summed E-state index contributed by atoms with van der Waals surface area (Å²) in [5.41, 5.74) is 7.44. The fraction of sp³-hybridized carbons (Fsp3) is 0.444. The maximum atomic E-state index is 12.4. The van der Waals surface area contributed by atoms with Gasteiger partial charge in [0.15, 0.2) is 11.5 Å². The van der Waals surface area contributed by atoms with Crippen molar-refractivity contribution in [1.82, 2.24) is 9.88 Å². The molecule has 1 aromatic heterocycles. The minimum atomic E-state index is 0. The molecule has 1 aromatic carbocycles. The van der Waals surface area contributed by atoms with Gasteiger partial charge in [0.05, 0.1) is 26.3 Å². The van der Waals surface area contributed by atoms with Crippen LogP contribution in [0, 0.1) is 5.92 Å². The van der Waals surface area contributed by atoms with E-state index in [1.807, 2.05) is 28.5 Å². The molecule has 1 amide bonds. The zero-order valence-electron chi connectivity index (χ0n) is 15.3. The molecule has 1 atom stereocenters. The second-order valence-corrected chi connectivity index (χ2v) is 6.98. The second kappa shape index (κ2) is 10.7. The lowest BCUT2D eigenvalue weighted by atomic mass is 10.1. The summed E-state index contributed by atoms with van der Waals surface area (Å²) in [5.74, 6) is 1.90. The summed E-state index contributed by atoms with van der Waals surface area (Å²) in [6, 6.07) is 5.70. The molecule has 27 heavy (non-hydrogen) atoms. The molecule has 3 rings (SSSR count). The lowest BCUT2D eigenvalue weighted by molar-refractivity contribution is -0.129. The molecular weight excluding hydrogens is 409 g/mol. The van der Waals surface area contributed by atoms with Crippen LogP contribution in [0.3, 0.4) is 0 Å². The zero-order valence-corrected chi connectivity index (χ0v) is 17.8. The van der Waals surface area contributed by atoms with Crippen LogP contribution in [-0.4, -0.2) is 49.6 Å². The SMILES string of the molecule is COc1ccc(-c2nc(CC(=O)N3CCC(CN)C3)cs2)cc1OC.Cl.Cl. The number of amides is 1. The van der Waals surface area contributed by atoms with Crippen molar-refractivity contribution in [3.05, 3.63) is 29.3 Å². The summed E-state index contributed by atoms with van der Waals surface area (Å²) in [6.45, 7) is 2.21. The Kier molecular flexibility index (Phi) is 9.32. The summed E-state index contributed by atoms with van der Waals surface area (Å²) >= 11 is 1.53. The van der Waals surface area contributed by atoms with Gasteiger partial charge in [-0.15, -0.1) is 36.2 Å². The van der Waals surface area contributed by atoms with Crippen LogP contribution < -0.4 is 15.2 Å². The predicted molar refractivity (Wildman–Crippen MR) is 113 cm³/mol. The molecular formula is C18H25Cl2N3O3S. The van der Waals surface area contributed by atoms with Crippen LogP contribution in [0.5, 0.6) is 11.5 Å². The van der Waals surface area contributed by atoms with E-state index >= 15 is 0 Å². The van der Waals surface area contributed by atoms with Crippen molar-refractivity contribution >= 4 is 42.1 Å². The number of methoxy groups -OCH3 is 2. The highest BCUT2D eigenvalue weighted by Gasteiger charge is 2.25. The first-order valence-corrected chi connectivity index (χ1v) is 9.17. The number of aromatic nitrogens is 1. The van der Waals surface area contributed by atoms with E-state index in [1.54, 1.807) is 14.2 Å². The van der Waals surface area contributed by atoms with Gasteiger partial charge in [0.25, 0.3) is 0 Å². The van der Waals surface area contributed by atoms with Crippen molar-refractivity contribution in [1.29, 1.82) is 0 Å². The molecule has 9 heteroatoms. The molecule has 0 spiro atoms. The van der Waals surface area contributed by atoms with Gasteiger partial charge >= 0.3 is 0 Å². The minimum absolute atomic E-state index is 0. The van der Waals surface area contributed by atoms with Gasteiger partial charge in [0.2, 0.25) is 5.91 Å². The molecule has 2 heterocycles. The first kappa shape index (κ1) is 23.5. The van der Waals surface area contributed by atoms with Crippen molar-refractivity contribution in [3.63, 3.8) is 0 Å². The van der Waals surface area contributed by atoms with Crippen molar-refractivity contribution in [2.45, 2.75) is 12.8 Å². The molecule has 2 N–H and O–H groups in total. The number of carbonyl (C=O) groups excluding carboxylic acids is 1. The normalized spacial score (nSPS) is 15.7. The van der Waals surface area contributed by atoms with Crippen molar-refractivity contribution in [2.75, 3.05) is 33.9 Å². The van der Waals surface area contributed by atoms with Crippen molar-refractivity contribution in [3.8, 4) is 22.1 Å². The first-order valence-electron chi connectivity index (χ1n) is 8.29. The largest absolute Gasteiger partial charge is 0.493 e. The molecule has 150 valence electrons. The highest BCUT2D eigenvalue weighted by atomic mass is 35.5. The third-order valence-corrected chi connectivity index (χ3v) is 5.43. The van der Waals surface area contributed by atoms with Crippen LogP contribution in [-0.2, 0) is 11.2 Å². The second-order valence-electron chi connectivity index (χ2n) is 6.12. The van der Waals surface area contributed by atoms with Gasteiger partial charge < -0.3 is 20.1 Å². The monoisotopic (exact) mass is 433 g/mol. The zero-order chi connectivity index (χ0) is 17.8. The van der Waals surface area contributed by atoms with Gasteiger partial charge in [0.1, 0.15) is 5.01 Å². The molecule has 1 unspecified atom stereocenters. The minimum Gasteiger partial charge on any atom is -0.493 e. The van der Waals surface area contributed by atoms with Gasteiger partial charge in [-0.25, -0.2) is 4.98 Å². The Morgan fingerprint density at radius 3 is 2.67 bits per heavy atom. The lowest BCUT2D eigenvalue weighted by Crippen LogP contribution is -2.31. The quantitative estimate of drug-likeness (QED) is 0.757. The number of halogens is 2. The smallest absolute Gasteiger partial charge is 0.228 e. The van der Waals surface area contributed by atoms with Gasteiger partial charge in [-0.1, -0.05) is 0 Å². The molecule has 0 saturated carbocycles. The Bertz CT molecular complexity index is 757. The van der Waals surface area contributed by atoms with Gasteiger partial charge in [-0.05, 0) is 37.1 Å². The standard InChI is InChI=1S/C18H23N3O3S.2ClH/c1-23-15-4-3-13(7-16(15)24-2)18-20-14(11-25-18)8-17(22)21-6-5-12(9-19)10-21;;/h3-4,7,11-12H,5-6,8-10,19H2,1-2H3;2*1H. The highest BCUT2D eigenvalue weighted by molar-refractivity contribution is 7.13. The average molecular weight is 434 g/mol. The van der Waals surface area contributed by atoms with Gasteiger partial charge in [-0.2, -0.15) is 0 Å². The van der Waals surface area contributed by atoms with E-state index in [4.69, 9.17) is 15.2 Å². The van der Waals surface area contributed by atoms with Gasteiger partial charge in [0, 0.05) is 24.0 Å². The number of thiazole rings is 1. The van der Waals surface area contributed by atoms with Crippen molar-refractivity contribution < 1.29 is 14.3 Å².